The third kappa shape index (κ3) is 4.54. The van der Waals surface area contributed by atoms with Crippen LogP contribution in [0.3, 0.4) is 0 Å². The van der Waals surface area contributed by atoms with Crippen LogP contribution in [0, 0.1) is 0 Å². The first kappa shape index (κ1) is 19.1. The van der Waals surface area contributed by atoms with Crippen molar-refractivity contribution >= 4 is 33.2 Å². The molecule has 1 aliphatic rings. The first-order chi connectivity index (χ1) is 12.9. The predicted molar refractivity (Wildman–Crippen MR) is 102 cm³/mol. The van der Waals surface area contributed by atoms with Crippen LogP contribution in [0.25, 0.3) is 0 Å². The Morgan fingerprint density at radius 1 is 1.19 bits per heavy atom. The fourth-order valence-electron chi connectivity index (χ4n) is 3.15. The lowest BCUT2D eigenvalue weighted by molar-refractivity contribution is -0.133. The lowest BCUT2D eigenvalue weighted by atomic mass is 10.1. The highest BCUT2D eigenvalue weighted by Gasteiger charge is 2.31. The quantitative estimate of drug-likeness (QED) is 0.756. The Kier molecular flexibility index (Phi) is 5.59. The average Bonchev–Trinajstić information content (AvgIpc) is 3.22. The third-order valence-electron chi connectivity index (χ3n) is 4.46. The van der Waals surface area contributed by atoms with Crippen molar-refractivity contribution in [2.24, 2.45) is 0 Å². The highest BCUT2D eigenvalue weighted by Crippen LogP contribution is 2.26. The van der Waals surface area contributed by atoms with Crippen molar-refractivity contribution in [3.05, 3.63) is 42.1 Å². The van der Waals surface area contributed by atoms with Gasteiger partial charge in [-0.1, -0.05) is 31.5 Å². The van der Waals surface area contributed by atoms with Gasteiger partial charge in [0.05, 0.1) is 23.7 Å². The van der Waals surface area contributed by atoms with Crippen LogP contribution in [0.5, 0.6) is 0 Å². The minimum Gasteiger partial charge on any atom is -0.318 e. The number of sulfone groups is 1. The standard InChI is InChI=1S/C18H22N4O4S/c1-2-5-13-6-3-4-7-15(13)20-17(23)18(24)21-16-8-10-19-22(16)14-9-11-27(25,26)12-14/h3-4,6-8,10,14H,2,5,9,11-12H2,1H3,(H,20,23)(H,21,24)/t14-/m1/s1. The van der Waals surface area contributed by atoms with E-state index in [9.17, 15) is 18.0 Å². The van der Waals surface area contributed by atoms with Gasteiger partial charge in [-0.05, 0) is 24.5 Å². The third-order valence-corrected chi connectivity index (χ3v) is 6.21. The van der Waals surface area contributed by atoms with Gasteiger partial charge in [0.15, 0.2) is 9.84 Å². The SMILES string of the molecule is CCCc1ccccc1NC(=O)C(=O)Nc1ccnn1[C@@H]1CCS(=O)(=O)C1. The average molecular weight is 390 g/mol. The largest absolute Gasteiger partial charge is 0.318 e. The van der Waals surface area contributed by atoms with Gasteiger partial charge in [0.2, 0.25) is 0 Å². The molecule has 0 spiro atoms. The second-order valence-electron chi connectivity index (χ2n) is 6.53. The second kappa shape index (κ2) is 7.91. The first-order valence-electron chi connectivity index (χ1n) is 8.84. The van der Waals surface area contributed by atoms with Crippen LogP contribution in [0.4, 0.5) is 11.5 Å². The van der Waals surface area contributed by atoms with Crippen LogP contribution < -0.4 is 10.6 Å². The summed E-state index contributed by atoms with van der Waals surface area (Å²) in [7, 11) is -3.09. The minimum atomic E-state index is -3.09. The van der Waals surface area contributed by atoms with Crippen molar-refractivity contribution < 1.29 is 18.0 Å². The number of amides is 2. The van der Waals surface area contributed by atoms with Crippen LogP contribution in [-0.2, 0) is 25.8 Å². The number of hydrogen-bond acceptors (Lipinski definition) is 5. The predicted octanol–water partition coefficient (Wildman–Crippen LogP) is 1.77. The molecule has 144 valence electrons. The zero-order chi connectivity index (χ0) is 19.4. The monoisotopic (exact) mass is 390 g/mol. The Morgan fingerprint density at radius 3 is 2.63 bits per heavy atom. The molecule has 3 rings (SSSR count). The Bertz CT molecular complexity index is 952. The molecule has 8 nitrogen and oxygen atoms in total. The number of carbonyl (C=O) groups excluding carboxylic acids is 2. The molecule has 2 amide bonds. The molecule has 27 heavy (non-hydrogen) atoms. The Labute approximate surface area is 157 Å². The summed E-state index contributed by atoms with van der Waals surface area (Å²) in [4.78, 5) is 24.6. The van der Waals surface area contributed by atoms with Gasteiger partial charge in [0, 0.05) is 11.8 Å². The molecule has 0 saturated carbocycles. The number of anilines is 2. The number of carbonyl (C=O) groups is 2. The van der Waals surface area contributed by atoms with Gasteiger partial charge in [-0.15, -0.1) is 0 Å². The van der Waals surface area contributed by atoms with Gasteiger partial charge in [0.25, 0.3) is 0 Å². The van der Waals surface area contributed by atoms with Crippen LogP contribution in [0.1, 0.15) is 31.4 Å². The lowest BCUT2D eigenvalue weighted by Crippen LogP contribution is -2.31. The Balaban J connectivity index is 1.68. The van der Waals surface area contributed by atoms with E-state index in [-0.39, 0.29) is 17.5 Å². The van der Waals surface area contributed by atoms with Gasteiger partial charge >= 0.3 is 11.8 Å². The normalized spacial score (nSPS) is 18.2. The number of aromatic nitrogens is 2. The molecule has 9 heteroatoms. The molecular formula is C18H22N4O4S. The zero-order valence-electron chi connectivity index (χ0n) is 15.0. The van der Waals surface area contributed by atoms with E-state index in [1.165, 1.54) is 10.9 Å². The van der Waals surface area contributed by atoms with Crippen molar-refractivity contribution in [1.29, 1.82) is 0 Å². The lowest BCUT2D eigenvalue weighted by Gasteiger charge is -2.14. The molecule has 2 heterocycles. The van der Waals surface area contributed by atoms with Crippen molar-refractivity contribution in [2.75, 3.05) is 22.1 Å². The van der Waals surface area contributed by atoms with Crippen molar-refractivity contribution in [3.63, 3.8) is 0 Å². The topological polar surface area (TPSA) is 110 Å². The number of nitrogens with one attached hydrogen (secondary N) is 2. The maximum absolute atomic E-state index is 12.3. The summed E-state index contributed by atoms with van der Waals surface area (Å²) >= 11 is 0. The van der Waals surface area contributed by atoms with Crippen LogP contribution >= 0.6 is 0 Å². The zero-order valence-corrected chi connectivity index (χ0v) is 15.8. The second-order valence-corrected chi connectivity index (χ2v) is 8.76. The maximum Gasteiger partial charge on any atom is 0.315 e. The fraction of sp³-hybridized carbons (Fsp3) is 0.389. The molecule has 1 saturated heterocycles. The minimum absolute atomic E-state index is 0.0197. The van der Waals surface area contributed by atoms with Gasteiger partial charge in [-0.3, -0.25) is 9.59 Å². The van der Waals surface area contributed by atoms with E-state index >= 15 is 0 Å². The number of rotatable bonds is 5. The van der Waals surface area contributed by atoms with E-state index in [4.69, 9.17) is 0 Å². The molecule has 1 fully saturated rings. The van der Waals surface area contributed by atoms with Crippen molar-refractivity contribution in [2.45, 2.75) is 32.2 Å². The maximum atomic E-state index is 12.3. The summed E-state index contributed by atoms with van der Waals surface area (Å²) in [6.45, 7) is 2.04. The van der Waals surface area contributed by atoms with Gasteiger partial charge < -0.3 is 10.6 Å². The van der Waals surface area contributed by atoms with E-state index in [2.05, 4.69) is 15.7 Å². The first-order valence-corrected chi connectivity index (χ1v) is 10.7. The number of hydrogen-bond donors (Lipinski definition) is 2. The Morgan fingerprint density at radius 2 is 1.93 bits per heavy atom. The molecule has 1 aliphatic heterocycles. The van der Waals surface area contributed by atoms with E-state index in [1.807, 2.05) is 19.1 Å². The number of nitrogens with zero attached hydrogens (tertiary/aromatic N) is 2. The number of para-hydroxylation sites is 1. The smallest absolute Gasteiger partial charge is 0.315 e. The molecule has 0 bridgehead atoms. The van der Waals surface area contributed by atoms with E-state index in [0.717, 1.165) is 18.4 Å². The van der Waals surface area contributed by atoms with Crippen molar-refractivity contribution in [1.82, 2.24) is 9.78 Å². The molecule has 2 N–H and O–H groups in total. The molecule has 1 aromatic carbocycles. The Hall–Kier alpha value is -2.68. The molecule has 2 aromatic rings. The van der Waals surface area contributed by atoms with E-state index < -0.39 is 21.7 Å². The summed E-state index contributed by atoms with van der Waals surface area (Å²) in [5, 5.41) is 9.26. The summed E-state index contributed by atoms with van der Waals surface area (Å²) in [5.74, 6) is -1.23. The highest BCUT2D eigenvalue weighted by molar-refractivity contribution is 7.91. The molecule has 0 radical (unpaired) electrons. The van der Waals surface area contributed by atoms with E-state index in [1.54, 1.807) is 18.2 Å². The van der Waals surface area contributed by atoms with Crippen LogP contribution in [-0.4, -0.2) is 41.5 Å². The van der Waals surface area contributed by atoms with Gasteiger partial charge in [0.1, 0.15) is 5.82 Å². The van der Waals surface area contributed by atoms with Gasteiger partial charge in [-0.2, -0.15) is 5.10 Å². The van der Waals surface area contributed by atoms with Crippen LogP contribution in [0.15, 0.2) is 36.5 Å². The highest BCUT2D eigenvalue weighted by atomic mass is 32.2. The summed E-state index contributed by atoms with van der Waals surface area (Å²) in [5.41, 5.74) is 1.57. The number of benzene rings is 1. The van der Waals surface area contributed by atoms with Crippen LogP contribution in [0.2, 0.25) is 0 Å². The van der Waals surface area contributed by atoms with E-state index in [0.29, 0.717) is 17.9 Å². The number of aryl methyl sites for hydroxylation is 1. The molecule has 1 atom stereocenters. The van der Waals surface area contributed by atoms with Gasteiger partial charge in [-0.25, -0.2) is 13.1 Å². The summed E-state index contributed by atoms with van der Waals surface area (Å²) in [6.07, 6.45) is 3.61. The summed E-state index contributed by atoms with van der Waals surface area (Å²) < 4.78 is 24.8. The van der Waals surface area contributed by atoms with Crippen molar-refractivity contribution in [3.8, 4) is 0 Å². The molecule has 0 aliphatic carbocycles. The molecule has 1 aromatic heterocycles. The molecule has 0 unspecified atom stereocenters. The fourth-order valence-corrected chi connectivity index (χ4v) is 4.85. The molecular weight excluding hydrogens is 368 g/mol. The summed E-state index contributed by atoms with van der Waals surface area (Å²) in [6, 6.07) is 8.54.